The number of hydrogen-bond acceptors (Lipinski definition) is 2. The highest BCUT2D eigenvalue weighted by Crippen LogP contribution is 2.34. The van der Waals surface area contributed by atoms with Crippen molar-refractivity contribution >= 4 is 15.9 Å². The summed E-state index contributed by atoms with van der Waals surface area (Å²) in [4.78, 5) is 4.13. The summed E-state index contributed by atoms with van der Waals surface area (Å²) >= 11 is 3.25. The summed E-state index contributed by atoms with van der Waals surface area (Å²) in [6, 6.07) is 2.92. The lowest BCUT2D eigenvalue weighted by molar-refractivity contribution is -0.137. The molecule has 0 saturated heterocycles. The Labute approximate surface area is 122 Å². The van der Waals surface area contributed by atoms with E-state index in [9.17, 15) is 13.2 Å². The highest BCUT2D eigenvalue weighted by atomic mass is 79.9. The summed E-state index contributed by atoms with van der Waals surface area (Å²) in [5.41, 5.74) is 5.73. The molecule has 2 aromatic rings. The van der Waals surface area contributed by atoms with Gasteiger partial charge in [-0.05, 0) is 23.8 Å². The molecule has 2 rings (SSSR count). The molecule has 1 aromatic heterocycles. The monoisotopic (exact) mass is 347 g/mol. The molecule has 0 saturated carbocycles. The third-order valence-electron chi connectivity index (χ3n) is 3.05. The van der Waals surface area contributed by atoms with Gasteiger partial charge in [-0.3, -0.25) is 0 Å². The van der Waals surface area contributed by atoms with E-state index >= 15 is 0 Å². The molecule has 0 bridgehead atoms. The molecule has 20 heavy (non-hydrogen) atoms. The average Bonchev–Trinajstić information content (AvgIpc) is 2.74. The molecule has 3 nitrogen and oxygen atoms in total. The van der Waals surface area contributed by atoms with E-state index in [2.05, 4.69) is 20.9 Å². The first kappa shape index (κ1) is 15.1. The lowest BCUT2D eigenvalue weighted by Gasteiger charge is -2.16. The minimum atomic E-state index is -4.38. The molecule has 0 amide bonds. The van der Waals surface area contributed by atoms with Gasteiger partial charge in [0.05, 0.1) is 5.56 Å². The summed E-state index contributed by atoms with van der Waals surface area (Å²) < 4.78 is 40.6. The molecule has 2 N–H and O–H groups in total. The van der Waals surface area contributed by atoms with Crippen molar-refractivity contribution in [3.8, 4) is 0 Å². The van der Waals surface area contributed by atoms with Gasteiger partial charge in [-0.1, -0.05) is 15.9 Å². The molecule has 7 heteroatoms. The quantitative estimate of drug-likeness (QED) is 0.924. The summed E-state index contributed by atoms with van der Waals surface area (Å²) in [5.74, 6) is 0.724. The number of nitrogens with zero attached hydrogens (tertiary/aromatic N) is 2. The van der Waals surface area contributed by atoms with Crippen molar-refractivity contribution in [2.24, 2.45) is 12.8 Å². The smallest absolute Gasteiger partial charge is 0.338 e. The zero-order valence-corrected chi connectivity index (χ0v) is 12.2. The Balaban J connectivity index is 2.29. The van der Waals surface area contributed by atoms with Crippen LogP contribution < -0.4 is 5.73 Å². The molecular formula is C13H13BrF3N3. The number of aromatic nitrogens is 2. The molecule has 0 fully saturated rings. The zero-order valence-electron chi connectivity index (χ0n) is 10.7. The van der Waals surface area contributed by atoms with Crippen LogP contribution in [0.3, 0.4) is 0 Å². The fourth-order valence-electron chi connectivity index (χ4n) is 1.90. The molecule has 0 aliphatic heterocycles. The molecule has 1 atom stereocenters. The van der Waals surface area contributed by atoms with E-state index in [-0.39, 0.29) is 0 Å². The maximum atomic E-state index is 12.7. The largest absolute Gasteiger partial charge is 0.416 e. The van der Waals surface area contributed by atoms with Crippen molar-refractivity contribution in [3.63, 3.8) is 0 Å². The number of rotatable bonds is 3. The molecule has 0 spiro atoms. The fraction of sp³-hybridized carbons (Fsp3) is 0.308. The van der Waals surface area contributed by atoms with Crippen molar-refractivity contribution < 1.29 is 13.2 Å². The molecule has 0 aliphatic rings. The van der Waals surface area contributed by atoms with E-state index in [0.717, 1.165) is 18.0 Å². The molecule has 0 radical (unpaired) electrons. The van der Waals surface area contributed by atoms with E-state index in [1.54, 1.807) is 17.0 Å². The van der Waals surface area contributed by atoms with Crippen LogP contribution in [0.1, 0.15) is 23.0 Å². The van der Waals surface area contributed by atoms with E-state index in [4.69, 9.17) is 5.73 Å². The van der Waals surface area contributed by atoms with E-state index < -0.39 is 17.8 Å². The summed E-state index contributed by atoms with van der Waals surface area (Å²) in [5, 5.41) is 0. The van der Waals surface area contributed by atoms with Crippen molar-refractivity contribution in [1.29, 1.82) is 0 Å². The Morgan fingerprint density at radius 2 is 2.10 bits per heavy atom. The zero-order chi connectivity index (χ0) is 14.9. The van der Waals surface area contributed by atoms with Crippen LogP contribution in [0.5, 0.6) is 0 Å². The average molecular weight is 348 g/mol. The van der Waals surface area contributed by atoms with Gasteiger partial charge in [-0.15, -0.1) is 0 Å². The number of benzene rings is 1. The number of imidazole rings is 1. The summed E-state index contributed by atoms with van der Waals surface area (Å²) in [6.45, 7) is 0. The maximum absolute atomic E-state index is 12.7. The minimum Gasteiger partial charge on any atom is -0.338 e. The Morgan fingerprint density at radius 3 is 2.65 bits per heavy atom. The predicted octanol–water partition coefficient (Wildman–Crippen LogP) is 3.44. The lowest BCUT2D eigenvalue weighted by atomic mass is 10.0. The van der Waals surface area contributed by atoms with Crippen LogP contribution in [-0.2, 0) is 19.6 Å². The van der Waals surface area contributed by atoms with Gasteiger partial charge in [0.25, 0.3) is 0 Å². The van der Waals surface area contributed by atoms with Crippen molar-refractivity contribution in [2.75, 3.05) is 0 Å². The SMILES string of the molecule is Cn1ccnc1CC(N)c1cc(C(F)(F)F)ccc1Br. The predicted molar refractivity (Wildman–Crippen MR) is 73.0 cm³/mol. The standard InChI is InChI=1S/C13H13BrF3N3/c1-20-5-4-19-12(20)7-11(18)9-6-8(13(15,16)17)2-3-10(9)14/h2-6,11H,7,18H2,1H3. The van der Waals surface area contributed by atoms with Gasteiger partial charge in [-0.2, -0.15) is 13.2 Å². The van der Waals surface area contributed by atoms with Crippen LogP contribution in [0.2, 0.25) is 0 Å². The molecule has 1 unspecified atom stereocenters. The van der Waals surface area contributed by atoms with Gasteiger partial charge >= 0.3 is 6.18 Å². The van der Waals surface area contributed by atoms with E-state index in [1.807, 2.05) is 7.05 Å². The minimum absolute atomic E-state index is 0.364. The topological polar surface area (TPSA) is 43.8 Å². The number of halogens is 4. The van der Waals surface area contributed by atoms with Crippen LogP contribution in [0, 0.1) is 0 Å². The van der Waals surface area contributed by atoms with Gasteiger partial charge < -0.3 is 10.3 Å². The number of hydrogen-bond donors (Lipinski definition) is 1. The molecule has 1 heterocycles. The van der Waals surface area contributed by atoms with Crippen molar-refractivity contribution in [2.45, 2.75) is 18.6 Å². The normalized spacial score (nSPS) is 13.5. The van der Waals surface area contributed by atoms with Crippen LogP contribution >= 0.6 is 15.9 Å². The van der Waals surface area contributed by atoms with Gasteiger partial charge in [0.2, 0.25) is 0 Å². The second-order valence-electron chi connectivity index (χ2n) is 4.50. The Kier molecular flexibility index (Phi) is 4.19. The van der Waals surface area contributed by atoms with Gasteiger partial charge in [0.1, 0.15) is 5.82 Å². The van der Waals surface area contributed by atoms with Gasteiger partial charge in [0.15, 0.2) is 0 Å². The molecule has 108 valence electrons. The number of aryl methyl sites for hydroxylation is 1. The van der Waals surface area contributed by atoms with Crippen LogP contribution in [0.4, 0.5) is 13.2 Å². The second kappa shape index (κ2) is 5.57. The van der Waals surface area contributed by atoms with E-state index in [0.29, 0.717) is 16.5 Å². The number of alkyl halides is 3. The fourth-order valence-corrected chi connectivity index (χ4v) is 2.44. The first-order valence-corrected chi connectivity index (χ1v) is 6.66. The molecule has 1 aromatic carbocycles. The first-order chi connectivity index (χ1) is 9.29. The van der Waals surface area contributed by atoms with Crippen LogP contribution in [-0.4, -0.2) is 9.55 Å². The number of nitrogens with two attached hydrogens (primary N) is 1. The van der Waals surface area contributed by atoms with Crippen LogP contribution in [0.15, 0.2) is 35.1 Å². The first-order valence-electron chi connectivity index (χ1n) is 5.87. The maximum Gasteiger partial charge on any atom is 0.416 e. The van der Waals surface area contributed by atoms with Crippen molar-refractivity contribution in [1.82, 2.24) is 9.55 Å². The summed E-state index contributed by atoms with van der Waals surface area (Å²) in [7, 11) is 1.82. The molecular weight excluding hydrogens is 335 g/mol. The highest BCUT2D eigenvalue weighted by molar-refractivity contribution is 9.10. The summed E-state index contributed by atoms with van der Waals surface area (Å²) in [6.07, 6.45) is -0.617. The highest BCUT2D eigenvalue weighted by Gasteiger charge is 2.31. The van der Waals surface area contributed by atoms with Gasteiger partial charge in [-0.25, -0.2) is 4.98 Å². The van der Waals surface area contributed by atoms with E-state index in [1.165, 1.54) is 6.07 Å². The Bertz CT molecular complexity index is 607. The Hall–Kier alpha value is -1.34. The van der Waals surface area contributed by atoms with Gasteiger partial charge in [0, 0.05) is 36.4 Å². The molecule has 0 aliphatic carbocycles. The van der Waals surface area contributed by atoms with Crippen molar-refractivity contribution in [3.05, 3.63) is 52.0 Å². The second-order valence-corrected chi connectivity index (χ2v) is 5.35. The lowest BCUT2D eigenvalue weighted by Crippen LogP contribution is -2.17. The third kappa shape index (κ3) is 3.21. The van der Waals surface area contributed by atoms with Crippen LogP contribution in [0.25, 0.3) is 0 Å². The third-order valence-corrected chi connectivity index (χ3v) is 3.77. The Morgan fingerprint density at radius 1 is 1.40 bits per heavy atom.